The first kappa shape index (κ1) is 21.4. The van der Waals surface area contributed by atoms with Crippen LogP contribution in [0.15, 0.2) is 30.3 Å². The highest BCUT2D eigenvalue weighted by Gasteiger charge is 2.37. The number of alkyl halides is 3. The average molecular weight is 409 g/mol. The van der Waals surface area contributed by atoms with Crippen molar-refractivity contribution in [3.8, 4) is 5.75 Å². The van der Waals surface area contributed by atoms with E-state index < -0.39 is 17.7 Å². The van der Waals surface area contributed by atoms with E-state index in [0.29, 0.717) is 23.4 Å². The molecule has 0 aliphatic heterocycles. The predicted octanol–water partition coefficient (Wildman–Crippen LogP) is 5.38. The average Bonchev–Trinajstić information content (AvgIpc) is 2.65. The van der Waals surface area contributed by atoms with Gasteiger partial charge in [0.2, 0.25) is 0 Å². The monoisotopic (exact) mass is 409 g/mol. The highest BCUT2D eigenvalue weighted by molar-refractivity contribution is 5.91. The van der Waals surface area contributed by atoms with Crippen molar-refractivity contribution in [1.82, 2.24) is 5.32 Å². The molecule has 3 rings (SSSR count). The lowest BCUT2D eigenvalue weighted by molar-refractivity contribution is -0.138. The van der Waals surface area contributed by atoms with E-state index in [0.717, 1.165) is 25.7 Å². The zero-order valence-electron chi connectivity index (χ0n) is 16.4. The summed E-state index contributed by atoms with van der Waals surface area (Å²) in [4.78, 5) is 10.6. The highest BCUT2D eigenvalue weighted by atomic mass is 19.4. The van der Waals surface area contributed by atoms with Gasteiger partial charge in [0.1, 0.15) is 11.3 Å². The molecule has 2 N–H and O–H groups in total. The van der Waals surface area contributed by atoms with E-state index in [9.17, 15) is 18.0 Å². The lowest BCUT2D eigenvalue weighted by atomic mass is 9.89. The molecule has 0 atom stereocenters. The van der Waals surface area contributed by atoms with Gasteiger partial charge in [-0.1, -0.05) is 31.2 Å². The second-order valence-corrected chi connectivity index (χ2v) is 7.77. The standard InChI is InChI=1S/C22H26F3NO3/c1-14-5-7-16(8-6-14)29-19-10-9-17-15(13-26-12-11-20(27)28)3-2-4-18(17)21(19)22(23,24)25/h2-4,9-10,14,16,26H,5-8,11-13H2,1H3,(H,27,28)/t14-,16+. The first-order valence-corrected chi connectivity index (χ1v) is 9.96. The minimum atomic E-state index is -4.54. The Bertz CT molecular complexity index is 858. The van der Waals surface area contributed by atoms with E-state index in [2.05, 4.69) is 12.2 Å². The van der Waals surface area contributed by atoms with Crippen molar-refractivity contribution >= 4 is 16.7 Å². The van der Waals surface area contributed by atoms with Crippen LogP contribution in [0.2, 0.25) is 0 Å². The molecule has 0 heterocycles. The van der Waals surface area contributed by atoms with Gasteiger partial charge in [-0.05, 0) is 54.0 Å². The Morgan fingerprint density at radius 2 is 1.86 bits per heavy atom. The van der Waals surface area contributed by atoms with Crippen molar-refractivity contribution in [3.05, 3.63) is 41.5 Å². The van der Waals surface area contributed by atoms with Gasteiger partial charge >= 0.3 is 12.1 Å². The van der Waals surface area contributed by atoms with E-state index in [1.807, 2.05) is 0 Å². The number of nitrogens with one attached hydrogen (secondary N) is 1. The summed E-state index contributed by atoms with van der Waals surface area (Å²) in [5.74, 6) is -0.445. The lowest BCUT2D eigenvalue weighted by Gasteiger charge is -2.28. The van der Waals surface area contributed by atoms with Crippen LogP contribution in [-0.4, -0.2) is 23.7 Å². The molecule has 2 aromatic rings. The van der Waals surface area contributed by atoms with Crippen molar-refractivity contribution in [2.24, 2.45) is 5.92 Å². The Hall–Kier alpha value is -2.28. The molecule has 0 amide bonds. The maximum atomic E-state index is 14.0. The predicted molar refractivity (Wildman–Crippen MR) is 105 cm³/mol. The molecule has 158 valence electrons. The van der Waals surface area contributed by atoms with Crippen molar-refractivity contribution in [3.63, 3.8) is 0 Å². The van der Waals surface area contributed by atoms with E-state index >= 15 is 0 Å². The van der Waals surface area contributed by atoms with Gasteiger partial charge in [0.25, 0.3) is 0 Å². The fourth-order valence-corrected chi connectivity index (χ4v) is 3.89. The van der Waals surface area contributed by atoms with Gasteiger partial charge in [0.15, 0.2) is 0 Å². The number of aliphatic carboxylic acids is 1. The second kappa shape index (κ2) is 9.03. The van der Waals surface area contributed by atoms with Gasteiger partial charge in [0.05, 0.1) is 12.5 Å². The largest absolute Gasteiger partial charge is 0.490 e. The van der Waals surface area contributed by atoms with Crippen LogP contribution in [0.5, 0.6) is 5.75 Å². The van der Waals surface area contributed by atoms with Crippen LogP contribution in [0.1, 0.15) is 50.2 Å². The van der Waals surface area contributed by atoms with Gasteiger partial charge in [-0.3, -0.25) is 4.79 Å². The highest BCUT2D eigenvalue weighted by Crippen LogP contribution is 2.43. The molecule has 1 saturated carbocycles. The molecule has 0 aromatic heterocycles. The van der Waals surface area contributed by atoms with Crippen LogP contribution in [-0.2, 0) is 17.5 Å². The van der Waals surface area contributed by atoms with Gasteiger partial charge in [-0.25, -0.2) is 0 Å². The molecule has 0 bridgehead atoms. The Labute approximate surface area is 168 Å². The van der Waals surface area contributed by atoms with Crippen molar-refractivity contribution in [1.29, 1.82) is 0 Å². The number of carboxylic acids is 1. The Morgan fingerprint density at radius 1 is 1.14 bits per heavy atom. The second-order valence-electron chi connectivity index (χ2n) is 7.77. The molecule has 7 heteroatoms. The van der Waals surface area contributed by atoms with Crippen LogP contribution >= 0.6 is 0 Å². The summed E-state index contributed by atoms with van der Waals surface area (Å²) >= 11 is 0. The van der Waals surface area contributed by atoms with Crippen molar-refractivity contribution < 1.29 is 27.8 Å². The van der Waals surface area contributed by atoms with Crippen LogP contribution < -0.4 is 10.1 Å². The minimum absolute atomic E-state index is 0.0451. The number of hydrogen-bond donors (Lipinski definition) is 2. The van der Waals surface area contributed by atoms with Crippen molar-refractivity contribution in [2.75, 3.05) is 6.54 Å². The Kier molecular flexibility index (Phi) is 6.67. The first-order chi connectivity index (χ1) is 13.8. The van der Waals surface area contributed by atoms with Crippen LogP contribution in [0.25, 0.3) is 10.8 Å². The zero-order chi connectivity index (χ0) is 21.0. The fourth-order valence-electron chi connectivity index (χ4n) is 3.89. The number of rotatable bonds is 7. The Morgan fingerprint density at radius 3 is 2.52 bits per heavy atom. The van der Waals surface area contributed by atoms with E-state index in [1.165, 1.54) is 12.1 Å². The smallest absolute Gasteiger partial charge is 0.420 e. The molecule has 1 aliphatic carbocycles. The number of carbonyl (C=O) groups is 1. The van der Waals surface area contributed by atoms with E-state index in [4.69, 9.17) is 9.84 Å². The molecular formula is C22H26F3NO3. The summed E-state index contributed by atoms with van der Waals surface area (Å²) in [6.45, 7) is 2.70. The van der Waals surface area contributed by atoms with E-state index in [-0.39, 0.29) is 30.2 Å². The maximum Gasteiger partial charge on any atom is 0.420 e. The molecule has 0 saturated heterocycles. The van der Waals surface area contributed by atoms with Gasteiger partial charge in [-0.2, -0.15) is 13.2 Å². The summed E-state index contributed by atoms with van der Waals surface area (Å²) in [6, 6.07) is 7.90. The Balaban J connectivity index is 1.90. The summed E-state index contributed by atoms with van der Waals surface area (Å²) < 4.78 is 47.7. The summed E-state index contributed by atoms with van der Waals surface area (Å²) in [5.41, 5.74) is -0.0440. The molecule has 4 nitrogen and oxygen atoms in total. The molecular weight excluding hydrogens is 383 g/mol. The molecule has 29 heavy (non-hydrogen) atoms. The molecule has 1 fully saturated rings. The van der Waals surface area contributed by atoms with Gasteiger partial charge in [0, 0.05) is 13.1 Å². The van der Waals surface area contributed by atoms with Gasteiger partial charge in [-0.15, -0.1) is 0 Å². The number of ether oxygens (including phenoxy) is 1. The number of hydrogen-bond acceptors (Lipinski definition) is 3. The SMILES string of the molecule is C[C@H]1CC[C@@H](Oc2ccc3c(CNCCC(=O)O)cccc3c2C(F)(F)F)CC1. The number of carboxylic acid groups (broad SMARTS) is 1. The topological polar surface area (TPSA) is 58.6 Å². The maximum absolute atomic E-state index is 14.0. The molecule has 0 spiro atoms. The third-order valence-corrected chi connectivity index (χ3v) is 5.48. The minimum Gasteiger partial charge on any atom is -0.490 e. The van der Waals surface area contributed by atoms with Gasteiger partial charge < -0.3 is 15.2 Å². The summed E-state index contributed by atoms with van der Waals surface area (Å²) in [7, 11) is 0. The summed E-state index contributed by atoms with van der Waals surface area (Å²) in [5, 5.41) is 12.3. The number of benzene rings is 2. The van der Waals surface area contributed by atoms with Crippen LogP contribution in [0, 0.1) is 5.92 Å². The third kappa shape index (κ3) is 5.41. The molecule has 0 radical (unpaired) electrons. The lowest BCUT2D eigenvalue weighted by Crippen LogP contribution is -2.24. The quantitative estimate of drug-likeness (QED) is 0.603. The zero-order valence-corrected chi connectivity index (χ0v) is 16.4. The fraction of sp³-hybridized carbons (Fsp3) is 0.500. The number of halogens is 3. The van der Waals surface area contributed by atoms with Crippen LogP contribution in [0.3, 0.4) is 0 Å². The van der Waals surface area contributed by atoms with E-state index in [1.54, 1.807) is 18.2 Å². The number of fused-ring (bicyclic) bond motifs is 1. The first-order valence-electron chi connectivity index (χ1n) is 9.96. The normalized spacial score (nSPS) is 20.0. The molecule has 1 aliphatic rings. The van der Waals surface area contributed by atoms with Crippen molar-refractivity contribution in [2.45, 2.75) is 57.9 Å². The molecule has 0 unspecified atom stereocenters. The van der Waals surface area contributed by atoms with Crippen LogP contribution in [0.4, 0.5) is 13.2 Å². The third-order valence-electron chi connectivity index (χ3n) is 5.48. The summed E-state index contributed by atoms with van der Waals surface area (Å²) in [6.07, 6.45) is -1.31. The molecule has 2 aromatic carbocycles.